The molecule has 0 aromatic heterocycles. The number of hydrogen-bond acceptors (Lipinski definition) is 3. The van der Waals surface area contributed by atoms with Crippen LogP contribution in [0, 0.1) is 17.2 Å². The molecule has 1 atom stereocenters. The monoisotopic (exact) mass is 299 g/mol. The first kappa shape index (κ1) is 16.0. The summed E-state index contributed by atoms with van der Waals surface area (Å²) in [6.07, 6.45) is 1.41. The molecule has 1 heterocycles. The van der Waals surface area contributed by atoms with Gasteiger partial charge < -0.3 is 9.80 Å². The van der Waals surface area contributed by atoms with E-state index >= 15 is 0 Å². The number of likely N-dealkylation sites (tertiary alicyclic amines) is 1. The summed E-state index contributed by atoms with van der Waals surface area (Å²) < 4.78 is 0. The minimum Gasteiger partial charge on any atom is -0.344 e. The van der Waals surface area contributed by atoms with Gasteiger partial charge in [-0.05, 0) is 12.0 Å². The van der Waals surface area contributed by atoms with Crippen LogP contribution in [0.4, 0.5) is 0 Å². The topological polar surface area (TPSA) is 64.4 Å². The Morgan fingerprint density at radius 3 is 2.82 bits per heavy atom. The van der Waals surface area contributed by atoms with Gasteiger partial charge in [0.05, 0.1) is 18.4 Å². The van der Waals surface area contributed by atoms with Crippen LogP contribution in [-0.2, 0) is 16.0 Å². The van der Waals surface area contributed by atoms with Crippen LogP contribution in [0.1, 0.15) is 18.4 Å². The van der Waals surface area contributed by atoms with Crippen molar-refractivity contribution in [2.45, 2.75) is 19.3 Å². The maximum atomic E-state index is 12.3. The van der Waals surface area contributed by atoms with Crippen LogP contribution >= 0.6 is 0 Å². The summed E-state index contributed by atoms with van der Waals surface area (Å²) in [6, 6.07) is 12.0. The fourth-order valence-corrected chi connectivity index (χ4v) is 2.70. The normalized spacial score (nSPS) is 17.4. The van der Waals surface area contributed by atoms with Crippen molar-refractivity contribution in [1.29, 1.82) is 5.26 Å². The smallest absolute Gasteiger partial charge is 0.227 e. The Hall–Kier alpha value is -2.35. The van der Waals surface area contributed by atoms with Crippen molar-refractivity contribution in [2.75, 3.05) is 26.7 Å². The number of carbonyl (C=O) groups is 2. The molecule has 1 aliphatic heterocycles. The van der Waals surface area contributed by atoms with Crippen LogP contribution in [0.5, 0.6) is 0 Å². The fourth-order valence-electron chi connectivity index (χ4n) is 2.70. The Morgan fingerprint density at radius 2 is 2.14 bits per heavy atom. The predicted molar refractivity (Wildman–Crippen MR) is 82.7 cm³/mol. The maximum Gasteiger partial charge on any atom is 0.227 e. The standard InChI is InChI=1S/C17H21N3O2/c1-19(10-5-9-18)17(22)15-12-16(21)20(13-15)11-8-14-6-3-2-4-7-14/h2-4,6-7,15H,5,8,10-13H2,1H3. The summed E-state index contributed by atoms with van der Waals surface area (Å²) in [5.74, 6) is -0.263. The molecule has 0 spiro atoms. The van der Waals surface area contributed by atoms with E-state index in [9.17, 15) is 9.59 Å². The molecule has 1 aromatic rings. The lowest BCUT2D eigenvalue weighted by Crippen LogP contribution is -2.35. The van der Waals surface area contributed by atoms with Crippen LogP contribution in [0.3, 0.4) is 0 Å². The largest absolute Gasteiger partial charge is 0.344 e. The molecule has 0 N–H and O–H groups in total. The summed E-state index contributed by atoms with van der Waals surface area (Å²) >= 11 is 0. The number of nitrogens with zero attached hydrogens (tertiary/aromatic N) is 3. The molecule has 1 unspecified atom stereocenters. The first-order chi connectivity index (χ1) is 10.6. The fraction of sp³-hybridized carbons (Fsp3) is 0.471. The third kappa shape index (κ3) is 4.08. The molecule has 0 radical (unpaired) electrons. The predicted octanol–water partition coefficient (Wildman–Crippen LogP) is 1.45. The van der Waals surface area contributed by atoms with Gasteiger partial charge in [0, 0.05) is 33.1 Å². The highest BCUT2D eigenvalue weighted by Crippen LogP contribution is 2.20. The average Bonchev–Trinajstić information content (AvgIpc) is 2.91. The summed E-state index contributed by atoms with van der Waals surface area (Å²) in [5.41, 5.74) is 1.19. The molecule has 0 aliphatic carbocycles. The summed E-state index contributed by atoms with van der Waals surface area (Å²) in [4.78, 5) is 27.6. The molecular weight excluding hydrogens is 278 g/mol. The summed E-state index contributed by atoms with van der Waals surface area (Å²) in [6.45, 7) is 1.56. The number of hydrogen-bond donors (Lipinski definition) is 0. The molecule has 5 heteroatoms. The van der Waals surface area contributed by atoms with Gasteiger partial charge in [0.15, 0.2) is 0 Å². The molecule has 22 heavy (non-hydrogen) atoms. The Morgan fingerprint density at radius 1 is 1.41 bits per heavy atom. The van der Waals surface area contributed by atoms with Gasteiger partial charge in [-0.1, -0.05) is 30.3 Å². The number of amides is 2. The zero-order valence-electron chi connectivity index (χ0n) is 12.9. The number of nitriles is 1. The molecule has 1 saturated heterocycles. The molecular formula is C17H21N3O2. The van der Waals surface area contributed by atoms with Crippen LogP contribution in [0.2, 0.25) is 0 Å². The van der Waals surface area contributed by atoms with Gasteiger partial charge in [0.2, 0.25) is 11.8 Å². The van der Waals surface area contributed by atoms with Crippen LogP contribution in [0.25, 0.3) is 0 Å². The van der Waals surface area contributed by atoms with E-state index in [-0.39, 0.29) is 24.2 Å². The highest BCUT2D eigenvalue weighted by molar-refractivity contribution is 5.89. The van der Waals surface area contributed by atoms with Crippen molar-refractivity contribution < 1.29 is 9.59 Å². The van der Waals surface area contributed by atoms with E-state index in [4.69, 9.17) is 5.26 Å². The Bertz CT molecular complexity index is 565. The van der Waals surface area contributed by atoms with Crippen molar-refractivity contribution >= 4 is 11.8 Å². The summed E-state index contributed by atoms with van der Waals surface area (Å²) in [5, 5.41) is 8.57. The van der Waals surface area contributed by atoms with Crippen LogP contribution < -0.4 is 0 Å². The van der Waals surface area contributed by atoms with Crippen LogP contribution in [0.15, 0.2) is 30.3 Å². The SMILES string of the molecule is CN(CCC#N)C(=O)C1CC(=O)N(CCc2ccccc2)C1. The van der Waals surface area contributed by atoms with E-state index in [0.29, 0.717) is 26.1 Å². The molecule has 2 amide bonds. The van der Waals surface area contributed by atoms with E-state index in [0.717, 1.165) is 6.42 Å². The second-order valence-corrected chi connectivity index (χ2v) is 5.64. The first-order valence-electron chi connectivity index (χ1n) is 7.55. The van der Waals surface area contributed by atoms with E-state index in [2.05, 4.69) is 0 Å². The lowest BCUT2D eigenvalue weighted by atomic mass is 10.1. The van der Waals surface area contributed by atoms with Gasteiger partial charge in [-0.3, -0.25) is 9.59 Å². The third-order valence-electron chi connectivity index (χ3n) is 4.01. The second kappa shape index (κ2) is 7.60. The molecule has 1 fully saturated rings. The van der Waals surface area contributed by atoms with E-state index in [1.54, 1.807) is 16.8 Å². The number of carbonyl (C=O) groups excluding carboxylic acids is 2. The zero-order chi connectivity index (χ0) is 15.9. The minimum atomic E-state index is -0.271. The van der Waals surface area contributed by atoms with E-state index in [1.165, 1.54) is 5.56 Å². The molecule has 1 aromatic carbocycles. The first-order valence-corrected chi connectivity index (χ1v) is 7.55. The lowest BCUT2D eigenvalue weighted by molar-refractivity contribution is -0.134. The molecule has 0 bridgehead atoms. The highest BCUT2D eigenvalue weighted by atomic mass is 16.2. The lowest BCUT2D eigenvalue weighted by Gasteiger charge is -2.20. The molecule has 5 nitrogen and oxygen atoms in total. The van der Waals surface area contributed by atoms with Gasteiger partial charge in [-0.15, -0.1) is 0 Å². The quantitative estimate of drug-likeness (QED) is 0.798. The third-order valence-corrected chi connectivity index (χ3v) is 4.01. The van der Waals surface area contributed by atoms with Crippen molar-refractivity contribution in [3.05, 3.63) is 35.9 Å². The highest BCUT2D eigenvalue weighted by Gasteiger charge is 2.35. The Kier molecular flexibility index (Phi) is 5.54. The molecule has 2 rings (SSSR count). The minimum absolute atomic E-state index is 0.0363. The van der Waals surface area contributed by atoms with Crippen LogP contribution in [-0.4, -0.2) is 48.3 Å². The number of benzene rings is 1. The Balaban J connectivity index is 1.85. The van der Waals surface area contributed by atoms with Gasteiger partial charge in [-0.25, -0.2) is 0 Å². The zero-order valence-corrected chi connectivity index (χ0v) is 12.9. The molecule has 1 aliphatic rings. The maximum absolute atomic E-state index is 12.3. The van der Waals surface area contributed by atoms with Crippen molar-refractivity contribution in [3.8, 4) is 6.07 Å². The number of rotatable bonds is 6. The van der Waals surface area contributed by atoms with Crippen molar-refractivity contribution in [2.24, 2.45) is 5.92 Å². The van der Waals surface area contributed by atoms with Gasteiger partial charge >= 0.3 is 0 Å². The van der Waals surface area contributed by atoms with Gasteiger partial charge in [0.25, 0.3) is 0 Å². The van der Waals surface area contributed by atoms with E-state index < -0.39 is 0 Å². The molecule has 116 valence electrons. The summed E-state index contributed by atoms with van der Waals surface area (Å²) in [7, 11) is 1.69. The van der Waals surface area contributed by atoms with Gasteiger partial charge in [-0.2, -0.15) is 5.26 Å². The average molecular weight is 299 g/mol. The van der Waals surface area contributed by atoms with E-state index in [1.807, 2.05) is 36.4 Å². The van der Waals surface area contributed by atoms with Crippen molar-refractivity contribution in [3.63, 3.8) is 0 Å². The second-order valence-electron chi connectivity index (χ2n) is 5.64. The van der Waals surface area contributed by atoms with Crippen molar-refractivity contribution in [1.82, 2.24) is 9.80 Å². The van der Waals surface area contributed by atoms with Gasteiger partial charge in [0.1, 0.15) is 0 Å². The Labute approximate surface area is 131 Å². The molecule has 0 saturated carbocycles.